The fourth-order valence-corrected chi connectivity index (χ4v) is 2.81. The van der Waals surface area contributed by atoms with E-state index < -0.39 is 0 Å². The highest BCUT2D eigenvalue weighted by Crippen LogP contribution is 2.25. The third kappa shape index (κ3) is 1.81. The lowest BCUT2D eigenvalue weighted by atomic mass is 10.2. The van der Waals surface area contributed by atoms with Crippen molar-refractivity contribution in [2.45, 2.75) is 25.0 Å². The van der Waals surface area contributed by atoms with E-state index >= 15 is 0 Å². The van der Waals surface area contributed by atoms with Gasteiger partial charge in [0.1, 0.15) is 5.75 Å². The molecule has 0 spiro atoms. The third-order valence-corrected chi connectivity index (χ3v) is 3.71. The van der Waals surface area contributed by atoms with Gasteiger partial charge < -0.3 is 10.1 Å². The van der Waals surface area contributed by atoms with Gasteiger partial charge in [0.15, 0.2) is 0 Å². The lowest BCUT2D eigenvalue weighted by Gasteiger charge is -2.27. The zero-order valence-electron chi connectivity index (χ0n) is 9.65. The van der Waals surface area contributed by atoms with Gasteiger partial charge in [0.05, 0.1) is 7.11 Å². The number of fused-ring (bicyclic) bond motifs is 2. The van der Waals surface area contributed by atoms with Crippen LogP contribution in [0.4, 0.5) is 0 Å². The Kier molecular flexibility index (Phi) is 2.58. The van der Waals surface area contributed by atoms with Gasteiger partial charge in [-0.15, -0.1) is 0 Å². The monoisotopic (exact) mass is 218 g/mol. The minimum absolute atomic E-state index is 0.739. The summed E-state index contributed by atoms with van der Waals surface area (Å²) in [5.74, 6) is 0.938. The predicted molar refractivity (Wildman–Crippen MR) is 63.6 cm³/mol. The largest absolute Gasteiger partial charge is 0.497 e. The third-order valence-electron chi connectivity index (χ3n) is 3.71. The van der Waals surface area contributed by atoms with Gasteiger partial charge in [-0.05, 0) is 24.1 Å². The van der Waals surface area contributed by atoms with Gasteiger partial charge in [-0.2, -0.15) is 0 Å². The number of methoxy groups -OCH3 is 1. The Morgan fingerprint density at radius 3 is 2.75 bits per heavy atom. The number of benzene rings is 1. The summed E-state index contributed by atoms with van der Waals surface area (Å²) in [5.41, 5.74) is 1.38. The second-order valence-corrected chi connectivity index (χ2v) is 4.77. The average Bonchev–Trinajstić information content (AvgIpc) is 2.92. The molecule has 0 unspecified atom stereocenters. The number of rotatable bonds is 3. The highest BCUT2D eigenvalue weighted by Gasteiger charge is 2.37. The Hall–Kier alpha value is -1.06. The molecule has 2 fully saturated rings. The van der Waals surface area contributed by atoms with Crippen LogP contribution < -0.4 is 10.1 Å². The van der Waals surface area contributed by atoms with Gasteiger partial charge >= 0.3 is 0 Å². The SMILES string of the molecule is COc1ccc(CN2C[C@H]3C[C@@H]2CN3)cc1. The van der Waals surface area contributed by atoms with Crippen LogP contribution in [0, 0.1) is 0 Å². The highest BCUT2D eigenvalue weighted by atomic mass is 16.5. The Labute approximate surface area is 96.4 Å². The maximum absolute atomic E-state index is 5.16. The van der Waals surface area contributed by atoms with Crippen LogP contribution in [0.5, 0.6) is 5.75 Å². The summed E-state index contributed by atoms with van der Waals surface area (Å²) in [7, 11) is 1.71. The van der Waals surface area contributed by atoms with Crippen LogP contribution in [0.3, 0.4) is 0 Å². The average molecular weight is 218 g/mol. The van der Waals surface area contributed by atoms with E-state index in [-0.39, 0.29) is 0 Å². The van der Waals surface area contributed by atoms with E-state index in [2.05, 4.69) is 22.3 Å². The van der Waals surface area contributed by atoms with E-state index in [9.17, 15) is 0 Å². The molecule has 86 valence electrons. The van der Waals surface area contributed by atoms with E-state index in [0.29, 0.717) is 0 Å². The van der Waals surface area contributed by atoms with E-state index in [1.807, 2.05) is 12.1 Å². The molecule has 1 aromatic rings. The molecule has 2 atom stereocenters. The molecule has 1 N–H and O–H groups in total. The summed E-state index contributed by atoms with van der Waals surface area (Å²) in [6.45, 7) is 3.45. The Balaban J connectivity index is 1.65. The topological polar surface area (TPSA) is 24.5 Å². The molecular weight excluding hydrogens is 200 g/mol. The number of likely N-dealkylation sites (tertiary alicyclic amines) is 1. The van der Waals surface area contributed by atoms with Crippen LogP contribution in [0.2, 0.25) is 0 Å². The van der Waals surface area contributed by atoms with Crippen molar-refractivity contribution >= 4 is 0 Å². The molecule has 0 saturated carbocycles. The molecule has 2 heterocycles. The lowest BCUT2D eigenvalue weighted by Crippen LogP contribution is -2.42. The van der Waals surface area contributed by atoms with Gasteiger partial charge in [0.25, 0.3) is 0 Å². The van der Waals surface area contributed by atoms with E-state index in [1.54, 1.807) is 7.11 Å². The minimum Gasteiger partial charge on any atom is -0.497 e. The summed E-state index contributed by atoms with van der Waals surface area (Å²) in [5, 5.41) is 3.53. The van der Waals surface area contributed by atoms with Crippen molar-refractivity contribution in [3.63, 3.8) is 0 Å². The number of nitrogens with zero attached hydrogens (tertiary/aromatic N) is 1. The Morgan fingerprint density at radius 2 is 2.19 bits per heavy atom. The van der Waals surface area contributed by atoms with Crippen LogP contribution in [0.15, 0.2) is 24.3 Å². The molecule has 3 rings (SSSR count). The fraction of sp³-hybridized carbons (Fsp3) is 0.538. The molecule has 2 aliphatic heterocycles. The van der Waals surface area contributed by atoms with Crippen molar-refractivity contribution in [1.82, 2.24) is 10.2 Å². The summed E-state index contributed by atoms with van der Waals surface area (Å²) >= 11 is 0. The molecule has 3 heteroatoms. The van der Waals surface area contributed by atoms with Crippen LogP contribution in [-0.2, 0) is 6.54 Å². The number of hydrogen-bond acceptors (Lipinski definition) is 3. The van der Waals surface area contributed by atoms with Crippen LogP contribution >= 0.6 is 0 Å². The highest BCUT2D eigenvalue weighted by molar-refractivity contribution is 5.27. The second-order valence-electron chi connectivity index (χ2n) is 4.77. The summed E-state index contributed by atoms with van der Waals surface area (Å²) in [6.07, 6.45) is 1.33. The molecule has 0 aliphatic carbocycles. The number of hydrogen-bond donors (Lipinski definition) is 1. The van der Waals surface area contributed by atoms with E-state index in [0.717, 1.165) is 24.4 Å². The normalized spacial score (nSPS) is 28.6. The molecule has 16 heavy (non-hydrogen) atoms. The molecular formula is C13H18N2O. The van der Waals surface area contributed by atoms with Crippen molar-refractivity contribution in [3.05, 3.63) is 29.8 Å². The second kappa shape index (κ2) is 4.07. The number of nitrogens with one attached hydrogen (secondary N) is 1. The smallest absolute Gasteiger partial charge is 0.118 e. The van der Waals surface area contributed by atoms with Crippen molar-refractivity contribution in [1.29, 1.82) is 0 Å². The predicted octanol–water partition coefficient (Wildman–Crippen LogP) is 1.24. The summed E-state index contributed by atoms with van der Waals surface area (Å²) < 4.78 is 5.16. The van der Waals surface area contributed by atoms with E-state index in [1.165, 1.54) is 25.1 Å². The first-order valence-electron chi connectivity index (χ1n) is 5.95. The molecule has 1 aromatic carbocycles. The maximum Gasteiger partial charge on any atom is 0.118 e. The van der Waals surface area contributed by atoms with Crippen LogP contribution in [-0.4, -0.2) is 37.2 Å². The summed E-state index contributed by atoms with van der Waals surface area (Å²) in [4.78, 5) is 2.59. The van der Waals surface area contributed by atoms with Crippen LogP contribution in [0.25, 0.3) is 0 Å². The fourth-order valence-electron chi connectivity index (χ4n) is 2.81. The lowest BCUT2D eigenvalue weighted by molar-refractivity contribution is 0.218. The molecule has 2 saturated heterocycles. The Bertz CT molecular complexity index is 363. The molecule has 0 amide bonds. The van der Waals surface area contributed by atoms with Gasteiger partial charge in [-0.1, -0.05) is 12.1 Å². The standard InChI is InChI=1S/C13H18N2O/c1-16-13-4-2-10(3-5-13)8-15-9-11-6-12(15)7-14-11/h2-5,11-12,14H,6-9H2,1H3/t11-,12-/m1/s1. The first-order valence-corrected chi connectivity index (χ1v) is 5.95. The zero-order chi connectivity index (χ0) is 11.0. The Morgan fingerprint density at radius 1 is 1.38 bits per heavy atom. The molecule has 0 aromatic heterocycles. The van der Waals surface area contributed by atoms with E-state index in [4.69, 9.17) is 4.74 Å². The summed E-state index contributed by atoms with van der Waals surface area (Å²) in [6, 6.07) is 9.91. The van der Waals surface area contributed by atoms with Crippen LogP contribution in [0.1, 0.15) is 12.0 Å². The molecule has 2 aliphatic rings. The molecule has 2 bridgehead atoms. The molecule has 3 nitrogen and oxygen atoms in total. The van der Waals surface area contributed by atoms with Crippen molar-refractivity contribution < 1.29 is 4.74 Å². The van der Waals surface area contributed by atoms with Gasteiger partial charge in [-0.3, -0.25) is 4.90 Å². The number of ether oxygens (including phenoxy) is 1. The maximum atomic E-state index is 5.16. The van der Waals surface area contributed by atoms with Crippen molar-refractivity contribution in [2.75, 3.05) is 20.2 Å². The quantitative estimate of drug-likeness (QED) is 0.826. The number of piperazine rings is 1. The van der Waals surface area contributed by atoms with Crippen molar-refractivity contribution in [3.8, 4) is 5.75 Å². The minimum atomic E-state index is 0.739. The zero-order valence-corrected chi connectivity index (χ0v) is 9.65. The first-order chi connectivity index (χ1) is 7.85. The van der Waals surface area contributed by atoms with Gasteiger partial charge in [-0.25, -0.2) is 0 Å². The molecule has 0 radical (unpaired) electrons. The van der Waals surface area contributed by atoms with Gasteiger partial charge in [0.2, 0.25) is 0 Å². The van der Waals surface area contributed by atoms with Crippen molar-refractivity contribution in [2.24, 2.45) is 0 Å². The van der Waals surface area contributed by atoms with Gasteiger partial charge in [0, 0.05) is 31.7 Å². The first kappa shape index (κ1) is 10.1.